The van der Waals surface area contributed by atoms with Crippen LogP contribution >= 0.6 is 0 Å². The average molecular weight is 234 g/mol. The van der Waals surface area contributed by atoms with Crippen molar-refractivity contribution in [3.05, 3.63) is 41.9 Å². The maximum absolute atomic E-state index is 13.2. The third kappa shape index (κ3) is 2.30. The third-order valence-electron chi connectivity index (χ3n) is 2.62. The van der Waals surface area contributed by atoms with Crippen molar-refractivity contribution in [2.45, 2.75) is 26.3 Å². The van der Waals surface area contributed by atoms with E-state index in [-0.39, 0.29) is 17.4 Å². The molecule has 0 atom stereocenters. The molecule has 3 nitrogen and oxygen atoms in total. The average Bonchev–Trinajstić information content (AvgIpc) is 2.13. The molecule has 1 aliphatic heterocycles. The highest BCUT2D eigenvalue weighted by molar-refractivity contribution is 5.96. The van der Waals surface area contributed by atoms with E-state index < -0.39 is 0 Å². The predicted molar refractivity (Wildman–Crippen MR) is 65.2 cm³/mol. The van der Waals surface area contributed by atoms with Gasteiger partial charge in [-0.15, -0.1) is 0 Å². The maximum Gasteiger partial charge on any atom is 0.326 e. The molecule has 0 fully saturated rings. The van der Waals surface area contributed by atoms with Gasteiger partial charge >= 0.3 is 6.03 Å². The lowest BCUT2D eigenvalue weighted by atomic mass is 10.0. The molecule has 0 aliphatic carbocycles. The van der Waals surface area contributed by atoms with Crippen LogP contribution in [-0.4, -0.2) is 11.6 Å². The Balaban J connectivity index is 2.43. The minimum absolute atomic E-state index is 0.236. The SMILES string of the molecule is CC1=CC(C)(C)NC(=O)N1c1cccc(F)c1. The van der Waals surface area contributed by atoms with Gasteiger partial charge in [0.15, 0.2) is 0 Å². The Morgan fingerprint density at radius 3 is 2.65 bits per heavy atom. The Labute approximate surface area is 99.9 Å². The molecule has 1 aliphatic rings. The van der Waals surface area contributed by atoms with Gasteiger partial charge in [0, 0.05) is 5.70 Å². The van der Waals surface area contributed by atoms with Crippen molar-refractivity contribution in [2.24, 2.45) is 0 Å². The second kappa shape index (κ2) is 3.87. The topological polar surface area (TPSA) is 32.3 Å². The number of rotatable bonds is 1. The number of allylic oxidation sites excluding steroid dienone is 1. The maximum atomic E-state index is 13.2. The molecule has 0 unspecified atom stereocenters. The number of nitrogens with zero attached hydrogens (tertiary/aromatic N) is 1. The van der Waals surface area contributed by atoms with Crippen LogP contribution in [0.2, 0.25) is 0 Å². The van der Waals surface area contributed by atoms with Crippen LogP contribution < -0.4 is 10.2 Å². The number of halogens is 1. The van der Waals surface area contributed by atoms with Gasteiger partial charge in [0.1, 0.15) is 5.82 Å². The molecular weight excluding hydrogens is 219 g/mol. The van der Waals surface area contributed by atoms with Crippen molar-refractivity contribution in [1.82, 2.24) is 5.32 Å². The fraction of sp³-hybridized carbons (Fsp3) is 0.308. The van der Waals surface area contributed by atoms with Crippen molar-refractivity contribution < 1.29 is 9.18 Å². The molecule has 0 saturated heterocycles. The van der Waals surface area contributed by atoms with Crippen molar-refractivity contribution in [1.29, 1.82) is 0 Å². The van der Waals surface area contributed by atoms with Crippen LogP contribution in [0, 0.1) is 5.82 Å². The van der Waals surface area contributed by atoms with Gasteiger partial charge in [-0.2, -0.15) is 0 Å². The first-order valence-electron chi connectivity index (χ1n) is 5.46. The van der Waals surface area contributed by atoms with Crippen LogP contribution in [0.5, 0.6) is 0 Å². The van der Waals surface area contributed by atoms with Crippen LogP contribution in [0.3, 0.4) is 0 Å². The van der Waals surface area contributed by atoms with Crippen molar-refractivity contribution in [2.75, 3.05) is 4.90 Å². The summed E-state index contributed by atoms with van der Waals surface area (Å²) in [5, 5.41) is 2.84. The lowest BCUT2D eigenvalue weighted by Crippen LogP contribution is -2.53. The third-order valence-corrected chi connectivity index (χ3v) is 2.62. The summed E-state index contributed by atoms with van der Waals surface area (Å²) in [7, 11) is 0. The molecule has 0 bridgehead atoms. The Morgan fingerprint density at radius 2 is 2.06 bits per heavy atom. The van der Waals surface area contributed by atoms with Crippen molar-refractivity contribution >= 4 is 11.7 Å². The number of anilines is 1. The molecule has 1 aromatic rings. The Morgan fingerprint density at radius 1 is 1.35 bits per heavy atom. The highest BCUT2D eigenvalue weighted by atomic mass is 19.1. The molecule has 4 heteroatoms. The van der Waals surface area contributed by atoms with Gasteiger partial charge in [-0.1, -0.05) is 6.07 Å². The van der Waals surface area contributed by atoms with E-state index >= 15 is 0 Å². The van der Waals surface area contributed by atoms with Gasteiger partial charge in [-0.25, -0.2) is 9.18 Å². The lowest BCUT2D eigenvalue weighted by Gasteiger charge is -2.35. The fourth-order valence-corrected chi connectivity index (χ4v) is 2.05. The molecule has 0 radical (unpaired) electrons. The highest BCUT2D eigenvalue weighted by Crippen LogP contribution is 2.25. The summed E-state index contributed by atoms with van der Waals surface area (Å²) >= 11 is 0. The van der Waals surface area contributed by atoms with Gasteiger partial charge < -0.3 is 5.32 Å². The summed E-state index contributed by atoms with van der Waals surface area (Å²) in [4.78, 5) is 13.5. The zero-order valence-corrected chi connectivity index (χ0v) is 10.1. The van der Waals surface area contributed by atoms with Crippen LogP contribution in [0.1, 0.15) is 20.8 Å². The first-order chi connectivity index (χ1) is 7.89. The van der Waals surface area contributed by atoms with E-state index in [4.69, 9.17) is 0 Å². The molecule has 0 saturated carbocycles. The highest BCUT2D eigenvalue weighted by Gasteiger charge is 2.30. The van der Waals surface area contributed by atoms with Crippen LogP contribution in [-0.2, 0) is 0 Å². The minimum atomic E-state index is -0.370. The minimum Gasteiger partial charge on any atom is -0.329 e. The summed E-state index contributed by atoms with van der Waals surface area (Å²) in [6.45, 7) is 5.67. The Hall–Kier alpha value is -1.84. The Bertz CT molecular complexity index is 494. The molecule has 0 aromatic heterocycles. The van der Waals surface area contributed by atoms with E-state index in [1.807, 2.05) is 26.8 Å². The van der Waals surface area contributed by atoms with Crippen molar-refractivity contribution in [3.8, 4) is 0 Å². The standard InChI is InChI=1S/C13H15FN2O/c1-9-8-13(2,3)15-12(17)16(9)11-6-4-5-10(14)7-11/h4-8H,1-3H3,(H,15,17). The summed E-state index contributed by atoms with van der Waals surface area (Å²) in [6.07, 6.45) is 1.94. The zero-order valence-electron chi connectivity index (χ0n) is 10.1. The van der Waals surface area contributed by atoms with E-state index in [2.05, 4.69) is 5.32 Å². The summed E-state index contributed by atoms with van der Waals surface area (Å²) in [5.74, 6) is -0.354. The quantitative estimate of drug-likeness (QED) is 0.795. The summed E-state index contributed by atoms with van der Waals surface area (Å²) in [6, 6.07) is 5.76. The number of hydrogen-bond donors (Lipinski definition) is 1. The second-order valence-corrected chi connectivity index (χ2v) is 4.75. The van der Waals surface area contributed by atoms with E-state index in [0.717, 1.165) is 5.70 Å². The monoisotopic (exact) mass is 234 g/mol. The van der Waals surface area contributed by atoms with Gasteiger partial charge in [0.25, 0.3) is 0 Å². The van der Waals surface area contributed by atoms with Gasteiger partial charge in [0.05, 0.1) is 11.2 Å². The van der Waals surface area contributed by atoms with Gasteiger partial charge in [0.2, 0.25) is 0 Å². The van der Waals surface area contributed by atoms with Crippen LogP contribution in [0.4, 0.5) is 14.9 Å². The van der Waals surface area contributed by atoms with Gasteiger partial charge in [-0.3, -0.25) is 4.90 Å². The summed E-state index contributed by atoms with van der Waals surface area (Å²) in [5.41, 5.74) is 0.960. The second-order valence-electron chi connectivity index (χ2n) is 4.75. The first kappa shape index (κ1) is 11.6. The molecule has 90 valence electrons. The predicted octanol–water partition coefficient (Wildman–Crippen LogP) is 3.04. The number of hydrogen-bond acceptors (Lipinski definition) is 1. The number of carbonyl (C=O) groups is 1. The number of carbonyl (C=O) groups excluding carboxylic acids is 1. The molecule has 2 amide bonds. The van der Waals surface area contributed by atoms with E-state index in [9.17, 15) is 9.18 Å². The molecule has 0 spiro atoms. The molecule has 1 heterocycles. The number of benzene rings is 1. The molecular formula is C13H15FN2O. The van der Waals surface area contributed by atoms with E-state index in [1.165, 1.54) is 17.0 Å². The molecule has 17 heavy (non-hydrogen) atoms. The smallest absolute Gasteiger partial charge is 0.326 e. The van der Waals surface area contributed by atoms with E-state index in [1.54, 1.807) is 12.1 Å². The van der Waals surface area contributed by atoms with Gasteiger partial charge in [-0.05, 0) is 45.0 Å². The largest absolute Gasteiger partial charge is 0.329 e. The van der Waals surface area contributed by atoms with Crippen LogP contribution in [0.15, 0.2) is 36.0 Å². The summed E-state index contributed by atoms with van der Waals surface area (Å²) < 4.78 is 13.2. The van der Waals surface area contributed by atoms with Crippen molar-refractivity contribution in [3.63, 3.8) is 0 Å². The number of nitrogens with one attached hydrogen (secondary N) is 1. The first-order valence-corrected chi connectivity index (χ1v) is 5.46. The zero-order chi connectivity index (χ0) is 12.6. The molecule has 2 rings (SSSR count). The molecule has 1 aromatic carbocycles. The lowest BCUT2D eigenvalue weighted by molar-refractivity contribution is 0.239. The van der Waals surface area contributed by atoms with Crippen LogP contribution in [0.25, 0.3) is 0 Å². The fourth-order valence-electron chi connectivity index (χ4n) is 2.05. The molecule has 1 N–H and O–H groups in total. The normalized spacial score (nSPS) is 18.7. The number of amides is 2. The number of urea groups is 1. The van der Waals surface area contributed by atoms with E-state index in [0.29, 0.717) is 5.69 Å². The Kier molecular flexibility index (Phi) is 2.65.